The molecule has 0 heterocycles. The molecule has 0 spiro atoms. The molecule has 28 heavy (non-hydrogen) atoms. The van der Waals surface area contributed by atoms with E-state index in [4.69, 9.17) is 16.3 Å². The molecule has 0 bridgehead atoms. The Hall–Kier alpha value is -2.57. The highest BCUT2D eigenvalue weighted by atomic mass is 79.9. The Morgan fingerprint density at radius 3 is 2.54 bits per heavy atom. The maximum absolute atomic E-state index is 12.9. The van der Waals surface area contributed by atoms with Crippen LogP contribution in [0.2, 0.25) is 5.02 Å². The van der Waals surface area contributed by atoms with E-state index in [9.17, 15) is 9.18 Å². The molecule has 1 amide bonds. The number of carbonyl (C=O) groups excluding carboxylic acids is 1. The Kier molecular flexibility index (Phi) is 6.90. The molecule has 0 fully saturated rings. The third kappa shape index (κ3) is 5.71. The van der Waals surface area contributed by atoms with Gasteiger partial charge in [-0.25, -0.2) is 4.39 Å². The van der Waals surface area contributed by atoms with Gasteiger partial charge in [0.25, 0.3) is 5.91 Å². The number of nitrogens with one attached hydrogen (secondary N) is 2. The summed E-state index contributed by atoms with van der Waals surface area (Å²) in [7, 11) is 0. The van der Waals surface area contributed by atoms with Gasteiger partial charge >= 0.3 is 0 Å². The maximum atomic E-state index is 12.9. The Labute approximate surface area is 175 Å². The van der Waals surface area contributed by atoms with Gasteiger partial charge in [0.1, 0.15) is 11.6 Å². The highest BCUT2D eigenvalue weighted by molar-refractivity contribution is 9.10. The van der Waals surface area contributed by atoms with Gasteiger partial charge in [0.2, 0.25) is 0 Å². The Bertz CT molecular complexity index is 967. The molecule has 0 aliphatic rings. The van der Waals surface area contributed by atoms with Gasteiger partial charge in [-0.05, 0) is 70.0 Å². The molecule has 2 N–H and O–H groups in total. The molecule has 7 heteroatoms. The highest BCUT2D eigenvalue weighted by Crippen LogP contribution is 2.27. The second-order valence-electron chi connectivity index (χ2n) is 5.94. The van der Waals surface area contributed by atoms with E-state index < -0.39 is 0 Å². The minimum Gasteiger partial charge on any atom is -0.483 e. The molecule has 3 rings (SSSR count). The molecule has 0 aromatic heterocycles. The average molecular weight is 464 g/mol. The van der Waals surface area contributed by atoms with Crippen molar-refractivity contribution in [3.8, 4) is 5.75 Å². The first kappa shape index (κ1) is 20.2. The number of halogens is 3. The highest BCUT2D eigenvalue weighted by Gasteiger charge is 2.08. The minimum absolute atomic E-state index is 0.160. The standard InChI is InChI=1S/C21H17BrClFN2O2/c22-17-11-14(12-25-19-4-2-1-3-18(19)23)5-10-20(17)28-13-21(27)26-16-8-6-15(24)7-9-16/h1-11,25H,12-13H2,(H,26,27). The van der Waals surface area contributed by atoms with Gasteiger partial charge in [0.15, 0.2) is 6.61 Å². The summed E-state index contributed by atoms with van der Waals surface area (Å²) in [5, 5.41) is 6.58. The predicted octanol–water partition coefficient (Wildman–Crippen LogP) is 5.87. The van der Waals surface area contributed by atoms with Crippen LogP contribution in [0.3, 0.4) is 0 Å². The molecule has 0 saturated heterocycles. The molecule has 3 aromatic carbocycles. The SMILES string of the molecule is O=C(COc1ccc(CNc2ccccc2Cl)cc1Br)Nc1ccc(F)cc1. The number of benzene rings is 3. The first-order valence-electron chi connectivity index (χ1n) is 8.46. The Morgan fingerprint density at radius 1 is 1.07 bits per heavy atom. The zero-order valence-corrected chi connectivity index (χ0v) is 17.1. The van der Waals surface area contributed by atoms with Gasteiger partial charge in [0.05, 0.1) is 15.2 Å². The molecule has 4 nitrogen and oxygen atoms in total. The molecule has 0 atom stereocenters. The van der Waals surface area contributed by atoms with Crippen molar-refractivity contribution in [3.63, 3.8) is 0 Å². The van der Waals surface area contributed by atoms with Gasteiger partial charge in [-0.15, -0.1) is 0 Å². The summed E-state index contributed by atoms with van der Waals surface area (Å²) < 4.78 is 19.2. The summed E-state index contributed by atoms with van der Waals surface area (Å²) in [5.41, 5.74) is 2.39. The van der Waals surface area contributed by atoms with Crippen LogP contribution in [-0.4, -0.2) is 12.5 Å². The van der Waals surface area contributed by atoms with Crippen molar-refractivity contribution in [2.45, 2.75) is 6.54 Å². The van der Waals surface area contributed by atoms with E-state index in [1.807, 2.05) is 36.4 Å². The lowest BCUT2D eigenvalue weighted by Gasteiger charge is -2.12. The maximum Gasteiger partial charge on any atom is 0.262 e. The van der Waals surface area contributed by atoms with Crippen LogP contribution in [0.1, 0.15) is 5.56 Å². The molecule has 0 unspecified atom stereocenters. The van der Waals surface area contributed by atoms with Crippen molar-refractivity contribution < 1.29 is 13.9 Å². The van der Waals surface area contributed by atoms with Crippen molar-refractivity contribution in [2.24, 2.45) is 0 Å². The van der Waals surface area contributed by atoms with Crippen LogP contribution in [-0.2, 0) is 11.3 Å². The summed E-state index contributed by atoms with van der Waals surface area (Å²) in [6.45, 7) is 0.431. The molecule has 0 aliphatic heterocycles. The summed E-state index contributed by atoms with van der Waals surface area (Å²) >= 11 is 9.60. The van der Waals surface area contributed by atoms with E-state index in [2.05, 4.69) is 26.6 Å². The molecule has 0 saturated carbocycles. The van der Waals surface area contributed by atoms with Crippen LogP contribution < -0.4 is 15.4 Å². The Morgan fingerprint density at radius 2 is 1.82 bits per heavy atom. The third-order valence-corrected chi connectivity index (χ3v) is 4.79. The summed E-state index contributed by atoms with van der Waals surface area (Å²) in [5.74, 6) is -0.138. The number of rotatable bonds is 7. The lowest BCUT2D eigenvalue weighted by Crippen LogP contribution is -2.20. The van der Waals surface area contributed by atoms with Gasteiger partial charge in [-0.2, -0.15) is 0 Å². The van der Waals surface area contributed by atoms with Crippen molar-refractivity contribution >= 4 is 44.8 Å². The number of hydrogen-bond donors (Lipinski definition) is 2. The quantitative estimate of drug-likeness (QED) is 0.461. The smallest absolute Gasteiger partial charge is 0.262 e. The van der Waals surface area contributed by atoms with E-state index in [0.29, 0.717) is 23.0 Å². The average Bonchev–Trinajstić information content (AvgIpc) is 2.68. The largest absolute Gasteiger partial charge is 0.483 e. The summed E-state index contributed by atoms with van der Waals surface area (Å²) in [4.78, 5) is 12.0. The van der Waals surface area contributed by atoms with Crippen molar-refractivity contribution in [2.75, 3.05) is 17.2 Å². The molecule has 3 aromatic rings. The van der Waals surface area contributed by atoms with Crippen molar-refractivity contribution in [1.29, 1.82) is 0 Å². The molecular formula is C21H17BrClFN2O2. The fourth-order valence-electron chi connectivity index (χ4n) is 2.45. The van der Waals surface area contributed by atoms with Crippen LogP contribution >= 0.6 is 27.5 Å². The van der Waals surface area contributed by atoms with E-state index in [-0.39, 0.29) is 18.3 Å². The first-order valence-corrected chi connectivity index (χ1v) is 9.63. The van der Waals surface area contributed by atoms with E-state index in [1.165, 1.54) is 24.3 Å². The first-order chi connectivity index (χ1) is 13.5. The van der Waals surface area contributed by atoms with Gasteiger partial charge in [0, 0.05) is 12.2 Å². The van der Waals surface area contributed by atoms with E-state index in [1.54, 1.807) is 6.07 Å². The zero-order valence-electron chi connectivity index (χ0n) is 14.7. The van der Waals surface area contributed by atoms with Crippen LogP contribution in [0.25, 0.3) is 0 Å². The summed E-state index contributed by atoms with van der Waals surface area (Å²) in [6.07, 6.45) is 0. The van der Waals surface area contributed by atoms with E-state index in [0.717, 1.165) is 15.7 Å². The second-order valence-corrected chi connectivity index (χ2v) is 7.20. The molecule has 0 aliphatic carbocycles. The monoisotopic (exact) mass is 462 g/mol. The van der Waals surface area contributed by atoms with Crippen LogP contribution in [0.5, 0.6) is 5.75 Å². The minimum atomic E-state index is -0.359. The third-order valence-electron chi connectivity index (χ3n) is 3.84. The van der Waals surface area contributed by atoms with Crippen LogP contribution in [0.4, 0.5) is 15.8 Å². The van der Waals surface area contributed by atoms with Crippen molar-refractivity contribution in [3.05, 3.63) is 87.6 Å². The predicted molar refractivity (Wildman–Crippen MR) is 113 cm³/mol. The number of hydrogen-bond acceptors (Lipinski definition) is 3. The number of carbonyl (C=O) groups is 1. The normalized spacial score (nSPS) is 10.4. The number of ether oxygens (including phenoxy) is 1. The van der Waals surface area contributed by atoms with Gasteiger partial charge < -0.3 is 15.4 Å². The van der Waals surface area contributed by atoms with Gasteiger partial charge in [-0.1, -0.05) is 29.8 Å². The zero-order chi connectivity index (χ0) is 19.9. The van der Waals surface area contributed by atoms with Crippen LogP contribution in [0, 0.1) is 5.82 Å². The topological polar surface area (TPSA) is 50.4 Å². The van der Waals surface area contributed by atoms with Gasteiger partial charge in [-0.3, -0.25) is 4.79 Å². The van der Waals surface area contributed by atoms with Crippen molar-refractivity contribution in [1.82, 2.24) is 0 Å². The second kappa shape index (κ2) is 9.57. The number of para-hydroxylation sites is 1. The fraction of sp³-hybridized carbons (Fsp3) is 0.0952. The van der Waals surface area contributed by atoms with Crippen LogP contribution in [0.15, 0.2) is 71.2 Å². The number of anilines is 2. The lowest BCUT2D eigenvalue weighted by atomic mass is 10.2. The fourth-order valence-corrected chi connectivity index (χ4v) is 3.19. The Balaban J connectivity index is 1.53. The number of amides is 1. The summed E-state index contributed by atoms with van der Waals surface area (Å²) in [6, 6.07) is 18.7. The molecular weight excluding hydrogens is 447 g/mol. The molecule has 144 valence electrons. The van der Waals surface area contributed by atoms with E-state index >= 15 is 0 Å². The molecule has 0 radical (unpaired) electrons. The lowest BCUT2D eigenvalue weighted by molar-refractivity contribution is -0.118.